The van der Waals surface area contributed by atoms with Crippen LogP contribution in [0.4, 0.5) is 30.2 Å². The summed E-state index contributed by atoms with van der Waals surface area (Å²) in [5, 5.41) is 2.45. The largest absolute Gasteiger partial charge is 0.487 e. The van der Waals surface area contributed by atoms with Crippen LogP contribution in [0.25, 0.3) is 0 Å². The lowest BCUT2D eigenvalue weighted by atomic mass is 10.2. The van der Waals surface area contributed by atoms with E-state index in [-0.39, 0.29) is 29.4 Å². The van der Waals surface area contributed by atoms with Crippen molar-refractivity contribution in [3.05, 3.63) is 58.8 Å². The number of rotatable bonds is 5. The Hall–Kier alpha value is -2.15. The summed E-state index contributed by atoms with van der Waals surface area (Å²) >= 11 is 3.11. The molecular formula is C15H12BrF3N2O. The minimum atomic E-state index is -1.22. The summed E-state index contributed by atoms with van der Waals surface area (Å²) in [7, 11) is 0. The van der Waals surface area contributed by atoms with Crippen LogP contribution >= 0.6 is 15.9 Å². The monoisotopic (exact) mass is 372 g/mol. The Kier molecular flexibility index (Phi) is 4.97. The van der Waals surface area contributed by atoms with E-state index in [0.717, 1.165) is 6.07 Å². The third kappa shape index (κ3) is 3.36. The third-order valence-electron chi connectivity index (χ3n) is 2.77. The molecule has 0 fully saturated rings. The van der Waals surface area contributed by atoms with Gasteiger partial charge >= 0.3 is 0 Å². The lowest BCUT2D eigenvalue weighted by Crippen LogP contribution is -2.06. The number of nitrogens with two attached hydrogens (primary N) is 1. The molecule has 116 valence electrons. The zero-order valence-electron chi connectivity index (χ0n) is 11.3. The van der Waals surface area contributed by atoms with Crippen molar-refractivity contribution in [3.8, 4) is 5.75 Å². The van der Waals surface area contributed by atoms with Gasteiger partial charge in [0.2, 0.25) is 0 Å². The zero-order valence-corrected chi connectivity index (χ0v) is 12.9. The number of hydrogen-bond acceptors (Lipinski definition) is 3. The molecule has 0 saturated heterocycles. The summed E-state index contributed by atoms with van der Waals surface area (Å²) < 4.78 is 47.1. The van der Waals surface area contributed by atoms with Gasteiger partial charge in [0.25, 0.3) is 0 Å². The summed E-state index contributed by atoms with van der Waals surface area (Å²) in [4.78, 5) is 0. The highest BCUT2D eigenvalue weighted by Crippen LogP contribution is 2.36. The van der Waals surface area contributed by atoms with Crippen LogP contribution < -0.4 is 15.8 Å². The normalized spacial score (nSPS) is 10.4. The van der Waals surface area contributed by atoms with Crippen molar-refractivity contribution in [2.24, 2.45) is 0 Å². The standard InChI is InChI=1S/C15H12BrF3N2O/c1-2-5-22-12-7-10(18)13(19)15(14(12)20)21-11-4-3-8(16)6-9(11)17/h2-4,6-7,21H,1,5,20H2. The molecule has 0 aliphatic rings. The zero-order chi connectivity index (χ0) is 16.3. The van der Waals surface area contributed by atoms with Gasteiger partial charge in [-0.15, -0.1) is 0 Å². The Morgan fingerprint density at radius 2 is 1.95 bits per heavy atom. The van der Waals surface area contributed by atoms with E-state index in [0.29, 0.717) is 4.47 Å². The van der Waals surface area contributed by atoms with Crippen LogP contribution in [0, 0.1) is 17.5 Å². The second-order valence-electron chi connectivity index (χ2n) is 4.31. The SMILES string of the molecule is C=CCOc1cc(F)c(F)c(Nc2ccc(Br)cc2F)c1N. The number of nitrogen functional groups attached to an aromatic ring is 1. The van der Waals surface area contributed by atoms with Gasteiger partial charge < -0.3 is 15.8 Å². The molecule has 0 aromatic heterocycles. The summed E-state index contributed by atoms with van der Waals surface area (Å²) in [6.45, 7) is 3.52. The first kappa shape index (κ1) is 16.2. The van der Waals surface area contributed by atoms with E-state index in [2.05, 4.69) is 27.8 Å². The third-order valence-corrected chi connectivity index (χ3v) is 3.26. The Bertz CT molecular complexity index is 722. The van der Waals surface area contributed by atoms with Gasteiger partial charge in [-0.3, -0.25) is 0 Å². The first-order chi connectivity index (χ1) is 10.4. The number of anilines is 3. The maximum atomic E-state index is 13.9. The molecule has 3 nitrogen and oxygen atoms in total. The van der Waals surface area contributed by atoms with E-state index in [9.17, 15) is 13.2 Å². The van der Waals surface area contributed by atoms with Crippen molar-refractivity contribution < 1.29 is 17.9 Å². The average molecular weight is 373 g/mol. The molecule has 0 saturated carbocycles. The molecule has 2 rings (SSSR count). The number of benzene rings is 2. The van der Waals surface area contributed by atoms with E-state index in [1.165, 1.54) is 18.2 Å². The van der Waals surface area contributed by atoms with Crippen LogP contribution in [0.5, 0.6) is 5.75 Å². The van der Waals surface area contributed by atoms with E-state index in [4.69, 9.17) is 10.5 Å². The van der Waals surface area contributed by atoms with Crippen molar-refractivity contribution in [1.82, 2.24) is 0 Å². The van der Waals surface area contributed by atoms with E-state index in [1.807, 2.05) is 0 Å². The topological polar surface area (TPSA) is 47.3 Å². The van der Waals surface area contributed by atoms with Crippen LogP contribution in [0.2, 0.25) is 0 Å². The second kappa shape index (κ2) is 6.74. The van der Waals surface area contributed by atoms with Crippen molar-refractivity contribution in [2.75, 3.05) is 17.7 Å². The molecule has 7 heteroatoms. The number of halogens is 4. The summed E-state index contributed by atoms with van der Waals surface area (Å²) in [6.07, 6.45) is 1.43. The second-order valence-corrected chi connectivity index (χ2v) is 5.22. The van der Waals surface area contributed by atoms with Crippen molar-refractivity contribution in [1.29, 1.82) is 0 Å². The predicted octanol–water partition coefficient (Wildman–Crippen LogP) is 4.76. The first-order valence-corrected chi connectivity index (χ1v) is 6.96. The molecule has 0 aliphatic heterocycles. The minimum absolute atomic E-state index is 0.0472. The molecule has 0 unspecified atom stereocenters. The number of hydrogen-bond donors (Lipinski definition) is 2. The van der Waals surface area contributed by atoms with E-state index >= 15 is 0 Å². The Labute approximate surface area is 133 Å². The molecular weight excluding hydrogens is 361 g/mol. The molecule has 0 amide bonds. The van der Waals surface area contributed by atoms with Crippen molar-refractivity contribution >= 4 is 33.0 Å². The highest BCUT2D eigenvalue weighted by Gasteiger charge is 2.19. The maximum absolute atomic E-state index is 13.9. The van der Waals surface area contributed by atoms with Gasteiger partial charge in [0.1, 0.15) is 29.5 Å². The quantitative estimate of drug-likeness (QED) is 0.587. The lowest BCUT2D eigenvalue weighted by molar-refractivity contribution is 0.361. The molecule has 2 aromatic rings. The average Bonchev–Trinajstić information content (AvgIpc) is 2.48. The van der Waals surface area contributed by atoms with Crippen LogP contribution in [0.3, 0.4) is 0 Å². The summed E-state index contributed by atoms with van der Waals surface area (Å²) in [6, 6.07) is 4.93. The van der Waals surface area contributed by atoms with Gasteiger partial charge in [0, 0.05) is 10.5 Å². The lowest BCUT2D eigenvalue weighted by Gasteiger charge is -2.15. The molecule has 0 bridgehead atoms. The number of nitrogens with one attached hydrogen (secondary N) is 1. The molecule has 0 heterocycles. The fraction of sp³-hybridized carbons (Fsp3) is 0.0667. The predicted molar refractivity (Wildman–Crippen MR) is 83.8 cm³/mol. The Balaban J connectivity index is 2.44. The van der Waals surface area contributed by atoms with Crippen molar-refractivity contribution in [3.63, 3.8) is 0 Å². The minimum Gasteiger partial charge on any atom is -0.487 e. The molecule has 0 radical (unpaired) electrons. The molecule has 2 aromatic carbocycles. The molecule has 0 spiro atoms. The van der Waals surface area contributed by atoms with Gasteiger partial charge in [0.05, 0.1) is 5.69 Å². The molecule has 22 heavy (non-hydrogen) atoms. The fourth-order valence-corrected chi connectivity index (χ4v) is 2.07. The molecule has 0 aliphatic carbocycles. The Morgan fingerprint density at radius 3 is 2.59 bits per heavy atom. The smallest absolute Gasteiger partial charge is 0.184 e. The van der Waals surface area contributed by atoms with E-state index in [1.54, 1.807) is 6.07 Å². The maximum Gasteiger partial charge on any atom is 0.184 e. The first-order valence-electron chi connectivity index (χ1n) is 6.17. The van der Waals surface area contributed by atoms with E-state index < -0.39 is 17.5 Å². The van der Waals surface area contributed by atoms with Gasteiger partial charge in [0.15, 0.2) is 11.6 Å². The highest BCUT2D eigenvalue weighted by atomic mass is 79.9. The fourth-order valence-electron chi connectivity index (χ4n) is 1.73. The van der Waals surface area contributed by atoms with Crippen LogP contribution in [-0.4, -0.2) is 6.61 Å². The van der Waals surface area contributed by atoms with Crippen LogP contribution in [-0.2, 0) is 0 Å². The van der Waals surface area contributed by atoms with Crippen LogP contribution in [0.15, 0.2) is 41.4 Å². The van der Waals surface area contributed by atoms with Crippen molar-refractivity contribution in [2.45, 2.75) is 0 Å². The number of ether oxygens (including phenoxy) is 1. The van der Waals surface area contributed by atoms with Gasteiger partial charge in [-0.1, -0.05) is 28.6 Å². The molecule has 3 N–H and O–H groups in total. The van der Waals surface area contributed by atoms with Crippen LogP contribution in [0.1, 0.15) is 0 Å². The summed E-state index contributed by atoms with van der Waals surface area (Å²) in [5.41, 5.74) is 5.16. The Morgan fingerprint density at radius 1 is 1.23 bits per heavy atom. The summed E-state index contributed by atoms with van der Waals surface area (Å²) in [5.74, 6) is -3.08. The highest BCUT2D eigenvalue weighted by molar-refractivity contribution is 9.10. The molecule has 0 atom stereocenters. The van der Waals surface area contributed by atoms with Gasteiger partial charge in [-0.05, 0) is 18.2 Å². The van der Waals surface area contributed by atoms with Gasteiger partial charge in [-0.2, -0.15) is 0 Å². The van der Waals surface area contributed by atoms with Gasteiger partial charge in [-0.25, -0.2) is 13.2 Å².